The van der Waals surface area contributed by atoms with Crippen LogP contribution in [0.25, 0.3) is 5.69 Å². The highest BCUT2D eigenvalue weighted by Crippen LogP contribution is 2.32. The number of carbonyl (C=O) groups excluding carboxylic acids is 1. The number of Topliss-reactive ketones (excluding diaryl/α,β-unsaturated/α-hetero) is 1. The number of para-hydroxylation sites is 1. The van der Waals surface area contributed by atoms with Crippen molar-refractivity contribution in [3.63, 3.8) is 0 Å². The molecule has 0 saturated heterocycles. The molecule has 1 aliphatic carbocycles. The van der Waals surface area contributed by atoms with Gasteiger partial charge < -0.3 is 0 Å². The van der Waals surface area contributed by atoms with Crippen LogP contribution >= 0.6 is 11.8 Å². The van der Waals surface area contributed by atoms with E-state index < -0.39 is 0 Å². The zero-order valence-corrected chi connectivity index (χ0v) is 12.4. The third kappa shape index (κ3) is 2.66. The number of aryl methyl sites for hydroxylation is 1. The van der Waals surface area contributed by atoms with Gasteiger partial charge in [0.25, 0.3) is 0 Å². The molecule has 1 aliphatic rings. The summed E-state index contributed by atoms with van der Waals surface area (Å²) in [4.78, 5) is 16.4. The molecule has 1 fully saturated rings. The average molecular weight is 286 g/mol. The molecule has 20 heavy (non-hydrogen) atoms. The largest absolute Gasteiger partial charge is 0.298 e. The summed E-state index contributed by atoms with van der Waals surface area (Å²) in [5.74, 6) is 0.376. The first-order valence-electron chi connectivity index (χ1n) is 7.04. The predicted molar refractivity (Wildman–Crippen MR) is 81.4 cm³/mol. The number of rotatable bonds is 3. The molecule has 0 aliphatic heterocycles. The molecule has 0 N–H and O–H groups in total. The zero-order valence-electron chi connectivity index (χ0n) is 11.6. The number of thioether (sulfide) groups is 1. The molecular weight excluding hydrogens is 268 g/mol. The van der Waals surface area contributed by atoms with E-state index in [4.69, 9.17) is 0 Å². The second kappa shape index (κ2) is 5.83. The van der Waals surface area contributed by atoms with Crippen LogP contribution in [0, 0.1) is 6.92 Å². The van der Waals surface area contributed by atoms with Gasteiger partial charge in [0.2, 0.25) is 0 Å². The summed E-state index contributed by atoms with van der Waals surface area (Å²) in [7, 11) is 0. The summed E-state index contributed by atoms with van der Waals surface area (Å²) >= 11 is 1.61. The maximum absolute atomic E-state index is 12.0. The fourth-order valence-electron chi connectivity index (χ4n) is 2.60. The summed E-state index contributed by atoms with van der Waals surface area (Å²) in [5.41, 5.74) is 2.35. The lowest BCUT2D eigenvalue weighted by Gasteiger charge is -2.20. The summed E-state index contributed by atoms with van der Waals surface area (Å²) in [6.07, 6.45) is 7.67. The Hall–Kier alpha value is -1.55. The number of hydrogen-bond acceptors (Lipinski definition) is 3. The molecule has 104 valence electrons. The van der Waals surface area contributed by atoms with Crippen molar-refractivity contribution in [2.75, 3.05) is 0 Å². The first kappa shape index (κ1) is 13.4. The highest BCUT2D eigenvalue weighted by molar-refractivity contribution is 8.00. The van der Waals surface area contributed by atoms with Crippen LogP contribution in [0.5, 0.6) is 0 Å². The van der Waals surface area contributed by atoms with Crippen molar-refractivity contribution in [1.29, 1.82) is 0 Å². The van der Waals surface area contributed by atoms with E-state index in [1.165, 1.54) is 5.56 Å². The van der Waals surface area contributed by atoms with E-state index in [2.05, 4.69) is 28.6 Å². The minimum absolute atomic E-state index is 0.0777. The van der Waals surface area contributed by atoms with Crippen LogP contribution in [0.3, 0.4) is 0 Å². The zero-order chi connectivity index (χ0) is 13.9. The van der Waals surface area contributed by atoms with Crippen molar-refractivity contribution in [2.24, 2.45) is 0 Å². The third-order valence-electron chi connectivity index (χ3n) is 3.73. The van der Waals surface area contributed by atoms with Crippen molar-refractivity contribution in [3.05, 3.63) is 42.2 Å². The van der Waals surface area contributed by atoms with Crippen LogP contribution < -0.4 is 0 Å². The lowest BCUT2D eigenvalue weighted by Crippen LogP contribution is -2.21. The summed E-state index contributed by atoms with van der Waals surface area (Å²) in [5, 5.41) is 0.994. The number of imidazole rings is 1. The second-order valence-electron chi connectivity index (χ2n) is 5.18. The molecule has 3 nitrogen and oxygen atoms in total. The van der Waals surface area contributed by atoms with Gasteiger partial charge in [-0.15, -0.1) is 0 Å². The summed E-state index contributed by atoms with van der Waals surface area (Å²) < 4.78 is 2.09. The van der Waals surface area contributed by atoms with E-state index in [9.17, 15) is 4.79 Å². The van der Waals surface area contributed by atoms with Gasteiger partial charge in [-0.1, -0.05) is 36.4 Å². The lowest BCUT2D eigenvalue weighted by atomic mass is 9.99. The van der Waals surface area contributed by atoms with Crippen LogP contribution in [0.1, 0.15) is 31.2 Å². The average Bonchev–Trinajstić information content (AvgIpc) is 2.90. The Bertz CT molecular complexity index is 620. The third-order valence-corrected chi connectivity index (χ3v) is 5.02. The van der Waals surface area contributed by atoms with Gasteiger partial charge in [-0.05, 0) is 31.4 Å². The molecule has 1 aromatic carbocycles. The quantitative estimate of drug-likeness (QED) is 0.861. The highest BCUT2D eigenvalue weighted by atomic mass is 32.2. The normalized spacial score (nSPS) is 19.2. The first-order valence-corrected chi connectivity index (χ1v) is 7.92. The minimum atomic E-state index is 0.0777. The molecule has 1 aromatic heterocycles. The Morgan fingerprint density at radius 3 is 2.95 bits per heavy atom. The monoisotopic (exact) mass is 286 g/mol. The number of carbonyl (C=O) groups is 1. The molecular formula is C16H18N2OS. The van der Waals surface area contributed by atoms with Crippen molar-refractivity contribution in [1.82, 2.24) is 9.55 Å². The number of ketones is 1. The molecule has 1 heterocycles. The Morgan fingerprint density at radius 1 is 1.30 bits per heavy atom. The van der Waals surface area contributed by atoms with Gasteiger partial charge in [0, 0.05) is 18.8 Å². The van der Waals surface area contributed by atoms with Crippen molar-refractivity contribution >= 4 is 17.5 Å². The van der Waals surface area contributed by atoms with Crippen LogP contribution in [0.2, 0.25) is 0 Å². The summed E-state index contributed by atoms with van der Waals surface area (Å²) in [6, 6.07) is 8.25. The van der Waals surface area contributed by atoms with E-state index in [0.717, 1.165) is 36.5 Å². The number of hydrogen-bond donors (Lipinski definition) is 0. The highest BCUT2D eigenvalue weighted by Gasteiger charge is 2.25. The van der Waals surface area contributed by atoms with Gasteiger partial charge in [-0.2, -0.15) is 0 Å². The number of benzene rings is 1. The van der Waals surface area contributed by atoms with E-state index >= 15 is 0 Å². The Morgan fingerprint density at radius 2 is 2.15 bits per heavy atom. The van der Waals surface area contributed by atoms with Gasteiger partial charge >= 0.3 is 0 Å². The van der Waals surface area contributed by atoms with Gasteiger partial charge in [0.1, 0.15) is 5.78 Å². The maximum atomic E-state index is 12.0. The lowest BCUT2D eigenvalue weighted by molar-refractivity contribution is -0.119. The van der Waals surface area contributed by atoms with Crippen molar-refractivity contribution in [2.45, 2.75) is 43.0 Å². The number of aromatic nitrogens is 2. The number of nitrogens with zero attached hydrogens (tertiary/aromatic N) is 2. The fraction of sp³-hybridized carbons (Fsp3) is 0.375. The van der Waals surface area contributed by atoms with E-state index in [1.54, 1.807) is 11.8 Å². The van der Waals surface area contributed by atoms with Crippen LogP contribution in [-0.2, 0) is 4.79 Å². The molecule has 4 heteroatoms. The van der Waals surface area contributed by atoms with Crippen molar-refractivity contribution < 1.29 is 4.79 Å². The van der Waals surface area contributed by atoms with Gasteiger partial charge in [0.05, 0.1) is 10.9 Å². The Labute approximate surface area is 123 Å². The molecule has 0 radical (unpaired) electrons. The molecule has 0 unspecified atom stereocenters. The van der Waals surface area contributed by atoms with E-state index in [1.807, 2.05) is 24.5 Å². The maximum Gasteiger partial charge on any atom is 0.173 e. The van der Waals surface area contributed by atoms with Gasteiger partial charge in [-0.3, -0.25) is 9.36 Å². The molecule has 1 atom stereocenters. The minimum Gasteiger partial charge on any atom is -0.298 e. The van der Waals surface area contributed by atoms with E-state index in [-0.39, 0.29) is 5.25 Å². The van der Waals surface area contributed by atoms with Gasteiger partial charge in [-0.25, -0.2) is 4.98 Å². The SMILES string of the molecule is Cc1ccccc1-n1ccnc1S[C@H]1CCCCC1=O. The molecule has 1 saturated carbocycles. The molecule has 2 aromatic rings. The Kier molecular flexibility index (Phi) is 3.92. The van der Waals surface area contributed by atoms with Crippen molar-refractivity contribution in [3.8, 4) is 5.69 Å². The predicted octanol–water partition coefficient (Wildman–Crippen LogP) is 3.78. The fourth-order valence-corrected chi connectivity index (χ4v) is 3.78. The van der Waals surface area contributed by atoms with Crippen LogP contribution in [0.4, 0.5) is 0 Å². The topological polar surface area (TPSA) is 34.9 Å². The molecule has 0 amide bonds. The molecule has 3 rings (SSSR count). The second-order valence-corrected chi connectivity index (χ2v) is 6.35. The molecule has 0 spiro atoms. The standard InChI is InChI=1S/C16H18N2OS/c1-12-6-2-3-7-13(12)18-11-10-17-16(18)20-15-9-5-4-8-14(15)19/h2-3,6-7,10-11,15H,4-5,8-9H2,1H3/t15-/m0/s1. The Balaban J connectivity index is 1.87. The van der Waals surface area contributed by atoms with Gasteiger partial charge in [0.15, 0.2) is 5.16 Å². The first-order chi connectivity index (χ1) is 9.75. The van der Waals surface area contributed by atoms with E-state index in [0.29, 0.717) is 5.78 Å². The summed E-state index contributed by atoms with van der Waals surface area (Å²) in [6.45, 7) is 2.09. The van der Waals surface area contributed by atoms with Crippen LogP contribution in [0.15, 0.2) is 41.8 Å². The smallest absolute Gasteiger partial charge is 0.173 e. The van der Waals surface area contributed by atoms with Crippen LogP contribution in [-0.4, -0.2) is 20.6 Å². The molecule has 0 bridgehead atoms.